The highest BCUT2D eigenvalue weighted by Crippen LogP contribution is 2.22. The topological polar surface area (TPSA) is 34.1 Å². The van der Waals surface area contributed by atoms with Gasteiger partial charge in [-0.05, 0) is 55.3 Å². The molecule has 112 valence electrons. The smallest absolute Gasteiger partial charge is 0.219 e. The highest BCUT2D eigenvalue weighted by molar-refractivity contribution is 6.30. The Labute approximate surface area is 131 Å². The zero-order valence-corrected chi connectivity index (χ0v) is 13.4. The minimum atomic E-state index is 0.610. The van der Waals surface area contributed by atoms with Gasteiger partial charge in [0.25, 0.3) is 0 Å². The monoisotopic (exact) mass is 304 g/mol. The van der Waals surface area contributed by atoms with Gasteiger partial charge in [-0.3, -0.25) is 0 Å². The molecule has 3 nitrogen and oxygen atoms in total. The fourth-order valence-electron chi connectivity index (χ4n) is 1.99. The molecule has 0 saturated heterocycles. The van der Waals surface area contributed by atoms with Crippen LogP contribution in [0.5, 0.6) is 11.6 Å². The number of aryl methyl sites for hydroxylation is 1. The van der Waals surface area contributed by atoms with Crippen LogP contribution < -0.4 is 10.1 Å². The van der Waals surface area contributed by atoms with E-state index in [1.807, 2.05) is 25.1 Å². The third kappa shape index (κ3) is 5.37. The Bertz CT molecular complexity index is 582. The van der Waals surface area contributed by atoms with E-state index in [0.717, 1.165) is 24.5 Å². The summed E-state index contributed by atoms with van der Waals surface area (Å²) >= 11 is 5.87. The summed E-state index contributed by atoms with van der Waals surface area (Å²) < 4.78 is 5.78. The highest BCUT2D eigenvalue weighted by Gasteiger charge is 2.04. The van der Waals surface area contributed by atoms with E-state index in [0.29, 0.717) is 16.8 Å². The first kappa shape index (κ1) is 15.8. The maximum Gasteiger partial charge on any atom is 0.219 e. The van der Waals surface area contributed by atoms with Gasteiger partial charge < -0.3 is 10.1 Å². The molecular formula is C17H21ClN2O. The molecule has 4 heteroatoms. The van der Waals surface area contributed by atoms with Gasteiger partial charge in [-0.15, -0.1) is 0 Å². The first-order valence-corrected chi connectivity index (χ1v) is 7.52. The molecule has 1 N–H and O–H groups in total. The molecule has 0 radical (unpaired) electrons. The molecule has 0 fully saturated rings. The van der Waals surface area contributed by atoms with Crippen LogP contribution in [0.3, 0.4) is 0 Å². The van der Waals surface area contributed by atoms with E-state index in [9.17, 15) is 0 Å². The van der Waals surface area contributed by atoms with Crippen molar-refractivity contribution in [1.82, 2.24) is 10.3 Å². The van der Waals surface area contributed by atoms with E-state index < -0.39 is 0 Å². The van der Waals surface area contributed by atoms with Crippen LogP contribution in [0.4, 0.5) is 0 Å². The lowest BCUT2D eigenvalue weighted by Crippen LogP contribution is -2.19. The van der Waals surface area contributed by atoms with Gasteiger partial charge in [-0.2, -0.15) is 0 Å². The second-order valence-electron chi connectivity index (χ2n) is 5.54. The molecule has 2 rings (SSSR count). The number of hydrogen-bond donors (Lipinski definition) is 1. The quantitative estimate of drug-likeness (QED) is 0.848. The summed E-state index contributed by atoms with van der Waals surface area (Å²) in [5.74, 6) is 1.98. The molecule has 0 unspecified atom stereocenters. The fraction of sp³-hybridized carbons (Fsp3) is 0.353. The predicted molar refractivity (Wildman–Crippen MR) is 87.0 cm³/mol. The lowest BCUT2D eigenvalue weighted by atomic mass is 10.2. The molecule has 1 aromatic carbocycles. The van der Waals surface area contributed by atoms with E-state index in [2.05, 4.69) is 30.2 Å². The number of nitrogens with zero attached hydrogens (tertiary/aromatic N) is 1. The second-order valence-corrected chi connectivity index (χ2v) is 5.97. The van der Waals surface area contributed by atoms with Gasteiger partial charge in [0, 0.05) is 23.3 Å². The summed E-state index contributed by atoms with van der Waals surface area (Å²) in [6, 6.07) is 11.3. The summed E-state index contributed by atoms with van der Waals surface area (Å²) in [6.45, 7) is 8.17. The van der Waals surface area contributed by atoms with Crippen molar-refractivity contribution >= 4 is 11.6 Å². The first-order chi connectivity index (χ1) is 10.0. The summed E-state index contributed by atoms with van der Waals surface area (Å²) in [6.07, 6.45) is 0. The SMILES string of the molecule is Cc1cc(CNCC(C)C)cc(Oc2ccc(Cl)cc2)n1. The molecule has 0 spiro atoms. The number of ether oxygens (including phenoxy) is 1. The van der Waals surface area contributed by atoms with Crippen molar-refractivity contribution in [2.24, 2.45) is 5.92 Å². The van der Waals surface area contributed by atoms with Gasteiger partial charge in [-0.1, -0.05) is 25.4 Å². The van der Waals surface area contributed by atoms with Crippen LogP contribution in [0, 0.1) is 12.8 Å². The van der Waals surface area contributed by atoms with Crippen LogP contribution in [0.25, 0.3) is 0 Å². The van der Waals surface area contributed by atoms with Crippen molar-refractivity contribution in [2.45, 2.75) is 27.3 Å². The van der Waals surface area contributed by atoms with Crippen molar-refractivity contribution in [3.8, 4) is 11.6 Å². The van der Waals surface area contributed by atoms with Crippen LogP contribution in [-0.4, -0.2) is 11.5 Å². The number of aromatic nitrogens is 1. The standard InChI is InChI=1S/C17H21ClN2O/c1-12(2)10-19-11-14-8-13(3)20-17(9-14)21-16-6-4-15(18)5-7-16/h4-9,12,19H,10-11H2,1-3H3. The third-order valence-corrected chi connectivity index (χ3v) is 3.16. The molecule has 0 amide bonds. The molecule has 0 aliphatic heterocycles. The molecular weight excluding hydrogens is 284 g/mol. The van der Waals surface area contributed by atoms with Gasteiger partial charge >= 0.3 is 0 Å². The number of halogens is 1. The molecule has 0 saturated carbocycles. The zero-order chi connectivity index (χ0) is 15.2. The number of nitrogens with one attached hydrogen (secondary N) is 1. The Balaban J connectivity index is 2.05. The predicted octanol–water partition coefficient (Wildman–Crippen LogP) is 4.58. The number of rotatable bonds is 6. The minimum Gasteiger partial charge on any atom is -0.439 e. The Kier molecular flexibility index (Phi) is 5.59. The van der Waals surface area contributed by atoms with Crippen LogP contribution in [0.15, 0.2) is 36.4 Å². The molecule has 21 heavy (non-hydrogen) atoms. The average Bonchev–Trinajstić information content (AvgIpc) is 2.40. The maximum absolute atomic E-state index is 5.87. The van der Waals surface area contributed by atoms with Crippen molar-refractivity contribution < 1.29 is 4.74 Å². The normalized spacial score (nSPS) is 10.9. The molecule has 0 bridgehead atoms. The maximum atomic E-state index is 5.87. The van der Waals surface area contributed by atoms with E-state index in [-0.39, 0.29) is 0 Å². The van der Waals surface area contributed by atoms with E-state index in [4.69, 9.17) is 16.3 Å². The fourth-order valence-corrected chi connectivity index (χ4v) is 2.12. The van der Waals surface area contributed by atoms with Gasteiger partial charge in [0.15, 0.2) is 0 Å². The number of benzene rings is 1. The molecule has 0 aliphatic carbocycles. The average molecular weight is 305 g/mol. The van der Waals surface area contributed by atoms with Crippen molar-refractivity contribution in [1.29, 1.82) is 0 Å². The van der Waals surface area contributed by atoms with Crippen molar-refractivity contribution in [3.05, 3.63) is 52.7 Å². The van der Waals surface area contributed by atoms with E-state index in [1.165, 1.54) is 5.56 Å². The van der Waals surface area contributed by atoms with Crippen LogP contribution in [0.1, 0.15) is 25.1 Å². The molecule has 0 aliphatic rings. The van der Waals surface area contributed by atoms with Crippen molar-refractivity contribution in [2.75, 3.05) is 6.54 Å². The van der Waals surface area contributed by atoms with E-state index >= 15 is 0 Å². The Morgan fingerprint density at radius 1 is 1.19 bits per heavy atom. The zero-order valence-electron chi connectivity index (χ0n) is 12.7. The number of pyridine rings is 1. The highest BCUT2D eigenvalue weighted by atomic mass is 35.5. The largest absolute Gasteiger partial charge is 0.439 e. The minimum absolute atomic E-state index is 0.610. The summed E-state index contributed by atoms with van der Waals surface area (Å²) in [5, 5.41) is 4.12. The molecule has 0 atom stereocenters. The Morgan fingerprint density at radius 2 is 1.90 bits per heavy atom. The molecule has 1 heterocycles. The lowest BCUT2D eigenvalue weighted by Gasteiger charge is -2.10. The van der Waals surface area contributed by atoms with Gasteiger partial charge in [-0.25, -0.2) is 4.98 Å². The second kappa shape index (κ2) is 7.43. The Morgan fingerprint density at radius 3 is 2.57 bits per heavy atom. The Hall–Kier alpha value is -1.58. The van der Waals surface area contributed by atoms with E-state index in [1.54, 1.807) is 12.1 Å². The third-order valence-electron chi connectivity index (χ3n) is 2.91. The van der Waals surface area contributed by atoms with Crippen LogP contribution >= 0.6 is 11.6 Å². The van der Waals surface area contributed by atoms with Crippen LogP contribution in [0.2, 0.25) is 5.02 Å². The van der Waals surface area contributed by atoms with Crippen molar-refractivity contribution in [3.63, 3.8) is 0 Å². The number of hydrogen-bond acceptors (Lipinski definition) is 3. The van der Waals surface area contributed by atoms with Gasteiger partial charge in [0.1, 0.15) is 5.75 Å². The van der Waals surface area contributed by atoms with Crippen LogP contribution in [-0.2, 0) is 6.54 Å². The lowest BCUT2D eigenvalue weighted by molar-refractivity contribution is 0.460. The van der Waals surface area contributed by atoms with Gasteiger partial charge in [0.05, 0.1) is 0 Å². The van der Waals surface area contributed by atoms with Gasteiger partial charge in [0.2, 0.25) is 5.88 Å². The summed E-state index contributed by atoms with van der Waals surface area (Å²) in [4.78, 5) is 4.41. The first-order valence-electron chi connectivity index (χ1n) is 7.14. The molecule has 2 aromatic rings. The summed E-state index contributed by atoms with van der Waals surface area (Å²) in [7, 11) is 0. The summed E-state index contributed by atoms with van der Waals surface area (Å²) in [5.41, 5.74) is 2.12. The molecule has 1 aromatic heterocycles.